The van der Waals surface area contributed by atoms with Crippen molar-refractivity contribution in [2.75, 3.05) is 5.32 Å². The van der Waals surface area contributed by atoms with Crippen molar-refractivity contribution >= 4 is 23.0 Å². The molecule has 0 amide bonds. The van der Waals surface area contributed by atoms with Crippen LogP contribution in [-0.4, -0.2) is 15.3 Å². The quantitative estimate of drug-likeness (QED) is 0.485. The van der Waals surface area contributed by atoms with Gasteiger partial charge < -0.3 is 11.1 Å². The number of hydrogen-bond donors (Lipinski definition) is 3. The van der Waals surface area contributed by atoms with Crippen molar-refractivity contribution in [1.82, 2.24) is 10.2 Å². The van der Waals surface area contributed by atoms with Crippen molar-refractivity contribution < 1.29 is 0 Å². The average molecular weight is 142 g/mol. The molecule has 0 atom stereocenters. The Morgan fingerprint density at radius 2 is 2.67 bits per heavy atom. The summed E-state index contributed by atoms with van der Waals surface area (Å²) in [6.07, 6.45) is 3.26. The van der Waals surface area contributed by atoms with E-state index in [0.717, 1.165) is 5.69 Å². The summed E-state index contributed by atoms with van der Waals surface area (Å²) >= 11 is 4.57. The maximum atomic E-state index is 5.16. The highest BCUT2D eigenvalue weighted by atomic mass is 32.1. The molecular formula is C4H6N4S. The van der Waals surface area contributed by atoms with Crippen LogP contribution in [0.4, 0.5) is 5.69 Å². The van der Waals surface area contributed by atoms with E-state index in [2.05, 4.69) is 27.7 Å². The van der Waals surface area contributed by atoms with Crippen molar-refractivity contribution in [3.8, 4) is 0 Å². The van der Waals surface area contributed by atoms with E-state index in [1.807, 2.05) is 0 Å². The van der Waals surface area contributed by atoms with Crippen molar-refractivity contribution in [3.05, 3.63) is 12.4 Å². The highest BCUT2D eigenvalue weighted by Crippen LogP contribution is 1.98. The molecule has 48 valence electrons. The first kappa shape index (κ1) is 6.03. The van der Waals surface area contributed by atoms with Gasteiger partial charge in [-0.15, -0.1) is 0 Å². The van der Waals surface area contributed by atoms with Gasteiger partial charge in [0.15, 0.2) is 5.11 Å². The summed E-state index contributed by atoms with van der Waals surface area (Å²) in [6, 6.07) is 0. The SMILES string of the molecule is NC(=S)Nc1cn[nH]c1. The summed E-state index contributed by atoms with van der Waals surface area (Å²) in [6.45, 7) is 0. The van der Waals surface area contributed by atoms with Crippen LogP contribution in [0.1, 0.15) is 0 Å². The summed E-state index contributed by atoms with van der Waals surface area (Å²) in [7, 11) is 0. The largest absolute Gasteiger partial charge is 0.376 e. The first-order valence-corrected chi connectivity index (χ1v) is 2.75. The second-order valence-corrected chi connectivity index (χ2v) is 1.92. The van der Waals surface area contributed by atoms with Crippen LogP contribution >= 0.6 is 12.2 Å². The standard InChI is InChI=1S/C4H6N4S/c5-4(9)8-3-1-6-7-2-3/h1-2H,(H,6,7)(H3,5,8,9). The number of aromatic amines is 1. The molecule has 0 saturated carbocycles. The number of H-pyrrole nitrogens is 1. The minimum atomic E-state index is 0.247. The Morgan fingerprint density at radius 1 is 1.89 bits per heavy atom. The zero-order valence-corrected chi connectivity index (χ0v) is 5.40. The van der Waals surface area contributed by atoms with Gasteiger partial charge in [0.25, 0.3) is 0 Å². The van der Waals surface area contributed by atoms with Gasteiger partial charge >= 0.3 is 0 Å². The Hall–Kier alpha value is -1.10. The maximum absolute atomic E-state index is 5.16. The Balaban J connectivity index is 2.58. The smallest absolute Gasteiger partial charge is 0.168 e. The fourth-order valence-corrected chi connectivity index (χ4v) is 0.579. The van der Waals surface area contributed by atoms with Crippen LogP contribution in [0.25, 0.3) is 0 Å². The van der Waals surface area contributed by atoms with Crippen LogP contribution in [0.2, 0.25) is 0 Å². The maximum Gasteiger partial charge on any atom is 0.168 e. The number of aromatic nitrogens is 2. The fraction of sp³-hybridized carbons (Fsp3) is 0. The van der Waals surface area contributed by atoms with Gasteiger partial charge in [-0.1, -0.05) is 0 Å². The van der Waals surface area contributed by atoms with E-state index in [1.165, 1.54) is 0 Å². The van der Waals surface area contributed by atoms with Gasteiger partial charge in [0.05, 0.1) is 11.9 Å². The predicted octanol–water partition coefficient (Wildman–Crippen LogP) is 0.0652. The van der Waals surface area contributed by atoms with E-state index < -0.39 is 0 Å². The molecule has 0 radical (unpaired) electrons. The highest BCUT2D eigenvalue weighted by Gasteiger charge is 1.90. The van der Waals surface area contributed by atoms with Gasteiger partial charge in [0.1, 0.15) is 0 Å². The average Bonchev–Trinajstić information content (AvgIpc) is 2.15. The number of nitrogens with two attached hydrogens (primary N) is 1. The minimum absolute atomic E-state index is 0.247. The lowest BCUT2D eigenvalue weighted by molar-refractivity contribution is 1.09. The topological polar surface area (TPSA) is 66.7 Å². The van der Waals surface area contributed by atoms with Crippen LogP contribution in [0.3, 0.4) is 0 Å². The highest BCUT2D eigenvalue weighted by molar-refractivity contribution is 7.80. The molecule has 0 aliphatic heterocycles. The number of thiocarbonyl (C=S) groups is 1. The summed E-state index contributed by atoms with van der Waals surface area (Å²) in [4.78, 5) is 0. The molecule has 1 aromatic heterocycles. The van der Waals surface area contributed by atoms with E-state index in [-0.39, 0.29) is 5.11 Å². The molecule has 0 aliphatic carbocycles. The number of anilines is 1. The lowest BCUT2D eigenvalue weighted by Gasteiger charge is -1.95. The van der Waals surface area contributed by atoms with Crippen LogP contribution in [-0.2, 0) is 0 Å². The van der Waals surface area contributed by atoms with E-state index in [0.29, 0.717) is 0 Å². The Kier molecular flexibility index (Phi) is 1.64. The normalized spacial score (nSPS) is 8.89. The molecule has 0 fully saturated rings. The Bertz CT molecular complexity index is 192. The van der Waals surface area contributed by atoms with Crippen LogP contribution in [0.15, 0.2) is 12.4 Å². The van der Waals surface area contributed by atoms with Crippen LogP contribution in [0.5, 0.6) is 0 Å². The monoisotopic (exact) mass is 142 g/mol. The third-order valence-electron chi connectivity index (χ3n) is 0.766. The molecule has 1 rings (SSSR count). The molecule has 0 aliphatic rings. The van der Waals surface area contributed by atoms with E-state index in [4.69, 9.17) is 5.73 Å². The van der Waals surface area contributed by atoms with Crippen LogP contribution in [0, 0.1) is 0 Å². The fourth-order valence-electron chi connectivity index (χ4n) is 0.462. The van der Waals surface area contributed by atoms with Crippen molar-refractivity contribution in [2.24, 2.45) is 5.73 Å². The lowest BCUT2D eigenvalue weighted by Crippen LogP contribution is -2.18. The summed E-state index contributed by atoms with van der Waals surface area (Å²) in [5, 5.41) is 9.23. The third-order valence-corrected chi connectivity index (χ3v) is 0.868. The first-order chi connectivity index (χ1) is 4.29. The molecule has 5 heteroatoms. The van der Waals surface area contributed by atoms with Crippen molar-refractivity contribution in [1.29, 1.82) is 0 Å². The zero-order valence-electron chi connectivity index (χ0n) is 4.59. The predicted molar refractivity (Wildman–Crippen MR) is 39.0 cm³/mol. The molecule has 9 heavy (non-hydrogen) atoms. The second kappa shape index (κ2) is 2.45. The molecule has 4 N–H and O–H groups in total. The molecular weight excluding hydrogens is 136 g/mol. The minimum Gasteiger partial charge on any atom is -0.376 e. The Labute approximate surface area is 57.4 Å². The summed E-state index contributed by atoms with van der Waals surface area (Å²) in [5.41, 5.74) is 5.94. The van der Waals surface area contributed by atoms with Gasteiger partial charge in [-0.25, -0.2) is 0 Å². The van der Waals surface area contributed by atoms with Crippen molar-refractivity contribution in [3.63, 3.8) is 0 Å². The van der Waals surface area contributed by atoms with Gasteiger partial charge in [-0.2, -0.15) is 5.10 Å². The zero-order chi connectivity index (χ0) is 6.69. The second-order valence-electron chi connectivity index (χ2n) is 1.48. The van der Waals surface area contributed by atoms with Gasteiger partial charge in [0.2, 0.25) is 0 Å². The first-order valence-electron chi connectivity index (χ1n) is 2.34. The molecule has 0 unspecified atom stereocenters. The molecule has 1 heterocycles. The molecule has 0 spiro atoms. The van der Waals surface area contributed by atoms with Gasteiger partial charge in [-0.05, 0) is 12.2 Å². The van der Waals surface area contributed by atoms with Gasteiger partial charge in [0, 0.05) is 6.20 Å². The number of nitrogens with zero attached hydrogens (tertiary/aromatic N) is 1. The Morgan fingerprint density at radius 3 is 3.11 bits per heavy atom. The number of nitrogens with one attached hydrogen (secondary N) is 2. The molecule has 0 saturated heterocycles. The molecule has 4 nitrogen and oxygen atoms in total. The van der Waals surface area contributed by atoms with Crippen LogP contribution < -0.4 is 11.1 Å². The van der Waals surface area contributed by atoms with E-state index >= 15 is 0 Å². The number of hydrogen-bond acceptors (Lipinski definition) is 2. The lowest BCUT2D eigenvalue weighted by atomic mass is 10.6. The summed E-state index contributed by atoms with van der Waals surface area (Å²) < 4.78 is 0. The van der Waals surface area contributed by atoms with E-state index in [1.54, 1.807) is 12.4 Å². The third kappa shape index (κ3) is 1.69. The van der Waals surface area contributed by atoms with Gasteiger partial charge in [-0.3, -0.25) is 5.10 Å². The molecule has 1 aromatic rings. The van der Waals surface area contributed by atoms with Crippen molar-refractivity contribution in [2.45, 2.75) is 0 Å². The molecule has 0 aromatic carbocycles. The number of rotatable bonds is 1. The summed E-state index contributed by atoms with van der Waals surface area (Å²) in [5.74, 6) is 0. The molecule has 0 bridgehead atoms. The van der Waals surface area contributed by atoms with E-state index in [9.17, 15) is 0 Å².